The second-order valence-electron chi connectivity index (χ2n) is 7.10. The lowest BCUT2D eigenvalue weighted by Gasteiger charge is -2.34. The predicted molar refractivity (Wildman–Crippen MR) is 115 cm³/mol. The molecule has 0 N–H and O–H groups in total. The molecular formula is C23H31FNO2S+. The minimum absolute atomic E-state index is 0.295. The van der Waals surface area contributed by atoms with Crippen LogP contribution in [0.4, 0.5) is 4.39 Å². The van der Waals surface area contributed by atoms with Crippen molar-refractivity contribution >= 4 is 17.7 Å². The van der Waals surface area contributed by atoms with Crippen LogP contribution in [-0.2, 0) is 14.3 Å². The van der Waals surface area contributed by atoms with Gasteiger partial charge in [-0.25, -0.2) is 9.18 Å². The zero-order chi connectivity index (χ0) is 20.6. The van der Waals surface area contributed by atoms with Crippen molar-refractivity contribution in [1.82, 2.24) is 0 Å². The Labute approximate surface area is 172 Å². The average Bonchev–Trinajstić information content (AvgIpc) is 2.73. The number of hydrogen-bond acceptors (Lipinski definition) is 3. The van der Waals surface area contributed by atoms with Crippen LogP contribution in [0.1, 0.15) is 31.9 Å². The normalized spacial score (nSPS) is 13.8. The molecule has 3 nitrogen and oxygen atoms in total. The molecule has 1 atom stereocenters. The number of carbonyl (C=O) groups excluding carboxylic acids is 1. The van der Waals surface area contributed by atoms with Crippen molar-refractivity contribution < 1.29 is 18.4 Å². The van der Waals surface area contributed by atoms with E-state index < -0.39 is 4.75 Å². The zero-order valence-electron chi connectivity index (χ0n) is 17.3. The summed E-state index contributed by atoms with van der Waals surface area (Å²) in [6.07, 6.45) is 0. The number of quaternary nitrogens is 1. The summed E-state index contributed by atoms with van der Waals surface area (Å²) in [4.78, 5) is 13.5. The van der Waals surface area contributed by atoms with Gasteiger partial charge in [0.2, 0.25) is 0 Å². The molecule has 2 rings (SSSR count). The number of likely N-dealkylation sites (N-methyl/N-ethyl adjacent to an activating group) is 1. The van der Waals surface area contributed by atoms with Crippen LogP contribution < -0.4 is 0 Å². The van der Waals surface area contributed by atoms with Crippen molar-refractivity contribution in [3.05, 3.63) is 71.5 Å². The topological polar surface area (TPSA) is 26.3 Å². The van der Waals surface area contributed by atoms with Crippen molar-refractivity contribution in [2.24, 2.45) is 0 Å². The molecule has 0 aliphatic carbocycles. The summed E-state index contributed by atoms with van der Waals surface area (Å²) in [5.74, 6) is 0.106. The van der Waals surface area contributed by atoms with Gasteiger partial charge in [-0.3, -0.25) is 0 Å². The highest BCUT2D eigenvalue weighted by molar-refractivity contribution is 8.01. The van der Waals surface area contributed by atoms with E-state index in [1.54, 1.807) is 12.1 Å². The molecule has 0 fully saturated rings. The second-order valence-corrected chi connectivity index (χ2v) is 8.58. The van der Waals surface area contributed by atoms with E-state index in [2.05, 4.69) is 20.9 Å². The SMILES string of the molecule is CCSC(C(=O)OCC[N+](C)(CC)CC)(c1ccccc1)c1ccc(F)cc1. The first kappa shape index (κ1) is 22.4. The van der Waals surface area contributed by atoms with Crippen LogP contribution in [-0.4, -0.2) is 49.5 Å². The molecule has 0 radical (unpaired) electrons. The molecule has 2 aromatic rings. The monoisotopic (exact) mass is 404 g/mol. The number of nitrogens with zero attached hydrogens (tertiary/aromatic N) is 1. The largest absolute Gasteiger partial charge is 0.458 e. The maximum atomic E-state index is 13.6. The molecule has 0 saturated carbocycles. The third-order valence-electron chi connectivity index (χ3n) is 5.47. The van der Waals surface area contributed by atoms with E-state index in [4.69, 9.17) is 4.74 Å². The highest BCUT2D eigenvalue weighted by Crippen LogP contribution is 2.44. The molecule has 0 bridgehead atoms. The Kier molecular flexibility index (Phi) is 8.08. The molecule has 0 aliphatic heterocycles. The van der Waals surface area contributed by atoms with Crippen LogP contribution in [0.5, 0.6) is 0 Å². The van der Waals surface area contributed by atoms with E-state index in [1.165, 1.54) is 23.9 Å². The Morgan fingerprint density at radius 3 is 2.11 bits per heavy atom. The lowest BCUT2D eigenvalue weighted by molar-refractivity contribution is -0.906. The fourth-order valence-electron chi connectivity index (χ4n) is 3.20. The standard InChI is InChI=1S/C23H31FNO2S/c1-5-25(4,6-2)17-18-27-22(26)23(28-7-3,19-11-9-8-10-12-19)20-13-15-21(24)16-14-20/h8-16H,5-7,17-18H2,1-4H3/q+1. The lowest BCUT2D eigenvalue weighted by atomic mass is 9.90. The van der Waals surface area contributed by atoms with E-state index in [0.717, 1.165) is 41.0 Å². The molecule has 5 heteroatoms. The number of carbonyl (C=O) groups is 1. The minimum atomic E-state index is -1.01. The number of hydrogen-bond donors (Lipinski definition) is 0. The maximum Gasteiger partial charge on any atom is 0.331 e. The highest BCUT2D eigenvalue weighted by Gasteiger charge is 2.44. The molecule has 2 aromatic carbocycles. The lowest BCUT2D eigenvalue weighted by Crippen LogP contribution is -2.47. The van der Waals surface area contributed by atoms with E-state index in [-0.39, 0.29) is 11.8 Å². The number of benzene rings is 2. The summed E-state index contributed by atoms with van der Waals surface area (Å²) in [6, 6.07) is 15.8. The molecule has 1 unspecified atom stereocenters. The molecule has 0 aromatic heterocycles. The summed E-state index contributed by atoms with van der Waals surface area (Å²) in [7, 11) is 2.17. The van der Waals surface area contributed by atoms with Gasteiger partial charge in [0.1, 0.15) is 19.0 Å². The minimum Gasteiger partial charge on any atom is -0.458 e. The summed E-state index contributed by atoms with van der Waals surface area (Å²) in [5, 5.41) is 0. The number of esters is 1. The van der Waals surface area contributed by atoms with Gasteiger partial charge in [0, 0.05) is 0 Å². The fraction of sp³-hybridized carbons (Fsp3) is 0.435. The molecular weight excluding hydrogens is 373 g/mol. The highest BCUT2D eigenvalue weighted by atomic mass is 32.2. The smallest absolute Gasteiger partial charge is 0.331 e. The summed E-state index contributed by atoms with van der Waals surface area (Å²) < 4.78 is 19.2. The zero-order valence-corrected chi connectivity index (χ0v) is 18.1. The Bertz CT molecular complexity index is 747. The number of ether oxygens (including phenoxy) is 1. The Morgan fingerprint density at radius 1 is 1.00 bits per heavy atom. The van der Waals surface area contributed by atoms with Crippen molar-refractivity contribution in [1.29, 1.82) is 0 Å². The van der Waals surface area contributed by atoms with Gasteiger partial charge in [0.15, 0.2) is 4.75 Å². The van der Waals surface area contributed by atoms with Gasteiger partial charge in [0.25, 0.3) is 0 Å². The summed E-state index contributed by atoms with van der Waals surface area (Å²) in [5.41, 5.74) is 1.59. The van der Waals surface area contributed by atoms with Gasteiger partial charge in [-0.1, -0.05) is 49.4 Å². The molecule has 28 heavy (non-hydrogen) atoms. The van der Waals surface area contributed by atoms with Gasteiger partial charge < -0.3 is 9.22 Å². The van der Waals surface area contributed by atoms with Gasteiger partial charge in [-0.05, 0) is 42.9 Å². The van der Waals surface area contributed by atoms with Crippen molar-refractivity contribution in [2.45, 2.75) is 25.5 Å². The van der Waals surface area contributed by atoms with Crippen LogP contribution in [0.2, 0.25) is 0 Å². The first-order valence-corrected chi connectivity index (χ1v) is 10.9. The molecule has 0 heterocycles. The van der Waals surface area contributed by atoms with E-state index in [9.17, 15) is 9.18 Å². The maximum absolute atomic E-state index is 13.6. The average molecular weight is 405 g/mol. The Morgan fingerprint density at radius 2 is 1.57 bits per heavy atom. The quantitative estimate of drug-likeness (QED) is 0.418. The van der Waals surface area contributed by atoms with Crippen LogP contribution >= 0.6 is 11.8 Å². The van der Waals surface area contributed by atoms with Gasteiger partial charge >= 0.3 is 5.97 Å². The summed E-state index contributed by atoms with van der Waals surface area (Å²) >= 11 is 1.51. The third kappa shape index (κ3) is 4.95. The molecule has 0 amide bonds. The third-order valence-corrected chi connectivity index (χ3v) is 6.83. The van der Waals surface area contributed by atoms with Crippen LogP contribution in [0.15, 0.2) is 54.6 Å². The predicted octanol–water partition coefficient (Wildman–Crippen LogP) is 4.85. The van der Waals surface area contributed by atoms with Gasteiger partial charge in [-0.15, -0.1) is 11.8 Å². The van der Waals surface area contributed by atoms with E-state index in [0.29, 0.717) is 6.61 Å². The Hall–Kier alpha value is -1.85. The van der Waals surface area contributed by atoms with Gasteiger partial charge in [-0.2, -0.15) is 0 Å². The molecule has 152 valence electrons. The Balaban J connectivity index is 2.39. The molecule has 0 aliphatic rings. The van der Waals surface area contributed by atoms with Crippen molar-refractivity contribution in [3.8, 4) is 0 Å². The number of rotatable bonds is 10. The fourth-order valence-corrected chi connectivity index (χ4v) is 4.42. The van der Waals surface area contributed by atoms with Crippen LogP contribution in [0, 0.1) is 5.82 Å². The number of halogens is 1. The number of thioether (sulfide) groups is 1. The van der Waals surface area contributed by atoms with E-state index >= 15 is 0 Å². The van der Waals surface area contributed by atoms with Crippen molar-refractivity contribution in [2.75, 3.05) is 39.0 Å². The second kappa shape index (κ2) is 10.1. The van der Waals surface area contributed by atoms with Crippen molar-refractivity contribution in [3.63, 3.8) is 0 Å². The van der Waals surface area contributed by atoms with Gasteiger partial charge in [0.05, 0.1) is 20.1 Å². The summed E-state index contributed by atoms with van der Waals surface area (Å²) in [6.45, 7) is 9.40. The first-order chi connectivity index (χ1) is 13.4. The van der Waals surface area contributed by atoms with E-state index in [1.807, 2.05) is 37.3 Å². The van der Waals surface area contributed by atoms with Crippen LogP contribution in [0.25, 0.3) is 0 Å². The molecule has 0 spiro atoms. The van der Waals surface area contributed by atoms with Crippen LogP contribution in [0.3, 0.4) is 0 Å². The first-order valence-electron chi connectivity index (χ1n) is 9.88. The molecule has 0 saturated heterocycles.